The molecule has 0 heterocycles. The topological polar surface area (TPSA) is 26.0 Å². The molecule has 0 saturated heterocycles. The fourth-order valence-electron chi connectivity index (χ4n) is 2.06. The van der Waals surface area contributed by atoms with Gasteiger partial charge in [0.1, 0.15) is 0 Å². The van der Waals surface area contributed by atoms with E-state index in [4.69, 9.17) is 5.73 Å². The maximum absolute atomic E-state index is 5.76. The Morgan fingerprint density at radius 3 is 2.20 bits per heavy atom. The lowest BCUT2D eigenvalue weighted by Gasteiger charge is -2.42. The smallest absolute Gasteiger partial charge is 0.00157 e. The van der Waals surface area contributed by atoms with Crippen LogP contribution in [0, 0.1) is 5.41 Å². The van der Waals surface area contributed by atoms with Crippen LogP contribution in [0.4, 0.5) is 0 Å². The molecule has 10 heavy (non-hydrogen) atoms. The summed E-state index contributed by atoms with van der Waals surface area (Å²) in [6.07, 6.45) is 6.84. The van der Waals surface area contributed by atoms with Crippen molar-refractivity contribution in [2.75, 3.05) is 0 Å². The van der Waals surface area contributed by atoms with Crippen molar-refractivity contribution in [2.45, 2.75) is 52.0 Å². The molecule has 1 aliphatic carbocycles. The van der Waals surface area contributed by atoms with Gasteiger partial charge in [-0.15, -0.1) is 0 Å². The van der Waals surface area contributed by atoms with Crippen LogP contribution in [0.25, 0.3) is 0 Å². The first-order valence-corrected chi connectivity index (χ1v) is 4.44. The largest absolute Gasteiger partial charge is 0.328 e. The third-order valence-corrected chi connectivity index (χ3v) is 2.92. The summed E-state index contributed by atoms with van der Waals surface area (Å²) in [5.74, 6) is 0. The van der Waals surface area contributed by atoms with Gasteiger partial charge in [-0.05, 0) is 31.6 Å². The van der Waals surface area contributed by atoms with Gasteiger partial charge >= 0.3 is 0 Å². The van der Waals surface area contributed by atoms with E-state index >= 15 is 0 Å². The quantitative estimate of drug-likeness (QED) is 0.641. The third-order valence-electron chi connectivity index (χ3n) is 2.92. The van der Waals surface area contributed by atoms with Crippen LogP contribution in [-0.2, 0) is 0 Å². The fourth-order valence-corrected chi connectivity index (χ4v) is 2.06. The Hall–Kier alpha value is -0.0400. The summed E-state index contributed by atoms with van der Waals surface area (Å²) in [6.45, 7) is 4.41. The summed E-state index contributed by atoms with van der Waals surface area (Å²) >= 11 is 0. The van der Waals surface area contributed by atoms with Crippen LogP contribution in [-0.4, -0.2) is 6.04 Å². The highest BCUT2D eigenvalue weighted by Gasteiger charge is 2.35. The highest BCUT2D eigenvalue weighted by atomic mass is 14.6. The maximum atomic E-state index is 5.76. The summed E-state index contributed by atoms with van der Waals surface area (Å²) in [5.41, 5.74) is 6.42. The number of nitrogens with two attached hydrogens (primary N) is 1. The molecule has 0 spiro atoms. The fraction of sp³-hybridized carbons (Fsp3) is 1.00. The molecule has 60 valence electrons. The number of rotatable bonds is 3. The molecular weight excluding hydrogens is 122 g/mol. The summed E-state index contributed by atoms with van der Waals surface area (Å²) in [7, 11) is 0. The van der Waals surface area contributed by atoms with Gasteiger partial charge in [0.25, 0.3) is 0 Å². The zero-order valence-corrected chi connectivity index (χ0v) is 7.19. The minimum absolute atomic E-state index is 0.403. The molecule has 1 fully saturated rings. The highest BCUT2D eigenvalue weighted by molar-refractivity contribution is 4.88. The average Bonchev–Trinajstić information content (AvgIpc) is 1.78. The molecule has 0 aromatic heterocycles. The van der Waals surface area contributed by atoms with E-state index in [0.717, 1.165) is 0 Å². The van der Waals surface area contributed by atoms with Crippen LogP contribution in [0.2, 0.25) is 0 Å². The summed E-state index contributed by atoms with van der Waals surface area (Å²) in [6, 6.07) is 0.403. The monoisotopic (exact) mass is 141 g/mol. The van der Waals surface area contributed by atoms with Crippen molar-refractivity contribution in [3.63, 3.8) is 0 Å². The number of hydrogen-bond donors (Lipinski definition) is 1. The molecule has 1 rings (SSSR count). The minimum atomic E-state index is 0.403. The molecule has 0 aromatic carbocycles. The predicted molar refractivity (Wildman–Crippen MR) is 44.8 cm³/mol. The van der Waals surface area contributed by atoms with E-state index in [9.17, 15) is 0 Å². The highest BCUT2D eigenvalue weighted by Crippen LogP contribution is 2.47. The molecule has 2 N–H and O–H groups in total. The Morgan fingerprint density at radius 1 is 1.50 bits per heavy atom. The van der Waals surface area contributed by atoms with Crippen LogP contribution >= 0.6 is 0 Å². The summed E-state index contributed by atoms with van der Waals surface area (Å²) in [4.78, 5) is 0. The zero-order chi connectivity index (χ0) is 7.61. The van der Waals surface area contributed by atoms with E-state index < -0.39 is 0 Å². The predicted octanol–water partition coefficient (Wildman–Crippen LogP) is 2.30. The van der Waals surface area contributed by atoms with Gasteiger partial charge in [-0.2, -0.15) is 0 Å². The van der Waals surface area contributed by atoms with Crippen molar-refractivity contribution in [1.29, 1.82) is 0 Å². The van der Waals surface area contributed by atoms with E-state index in [1.807, 2.05) is 0 Å². The minimum Gasteiger partial charge on any atom is -0.328 e. The SMILES string of the molecule is CCC1(C[C@@H](C)N)CCC1. The van der Waals surface area contributed by atoms with Crippen molar-refractivity contribution in [1.82, 2.24) is 0 Å². The Kier molecular flexibility index (Phi) is 2.35. The first-order valence-electron chi connectivity index (χ1n) is 4.44. The Labute approximate surface area is 64.0 Å². The second kappa shape index (κ2) is 2.91. The molecule has 1 nitrogen and oxygen atoms in total. The van der Waals surface area contributed by atoms with Gasteiger partial charge in [-0.1, -0.05) is 19.8 Å². The zero-order valence-electron chi connectivity index (χ0n) is 7.19. The first-order chi connectivity index (χ1) is 4.68. The van der Waals surface area contributed by atoms with Crippen LogP contribution in [0.1, 0.15) is 46.0 Å². The molecular formula is C9H19N. The molecule has 1 atom stereocenters. The molecule has 1 aliphatic rings. The summed E-state index contributed by atoms with van der Waals surface area (Å²) in [5, 5.41) is 0. The van der Waals surface area contributed by atoms with E-state index in [1.165, 1.54) is 32.1 Å². The molecule has 0 bridgehead atoms. The lowest BCUT2D eigenvalue weighted by molar-refractivity contribution is 0.105. The Bertz CT molecular complexity index is 97.8. The number of hydrogen-bond acceptors (Lipinski definition) is 1. The van der Waals surface area contributed by atoms with Crippen molar-refractivity contribution in [3.05, 3.63) is 0 Å². The van der Waals surface area contributed by atoms with Crippen LogP contribution in [0.3, 0.4) is 0 Å². The van der Waals surface area contributed by atoms with Crippen molar-refractivity contribution < 1.29 is 0 Å². The Morgan fingerprint density at radius 2 is 2.10 bits per heavy atom. The summed E-state index contributed by atoms with van der Waals surface area (Å²) < 4.78 is 0. The van der Waals surface area contributed by atoms with Crippen molar-refractivity contribution in [2.24, 2.45) is 11.1 Å². The lowest BCUT2D eigenvalue weighted by atomic mass is 9.64. The van der Waals surface area contributed by atoms with E-state index in [2.05, 4.69) is 13.8 Å². The van der Waals surface area contributed by atoms with Gasteiger partial charge in [0.15, 0.2) is 0 Å². The first kappa shape index (κ1) is 8.06. The molecule has 0 aromatic rings. The molecule has 0 radical (unpaired) electrons. The van der Waals surface area contributed by atoms with Gasteiger partial charge in [0, 0.05) is 6.04 Å². The second-order valence-electron chi connectivity index (χ2n) is 3.89. The molecule has 1 saturated carbocycles. The van der Waals surface area contributed by atoms with Crippen molar-refractivity contribution >= 4 is 0 Å². The third kappa shape index (κ3) is 1.51. The van der Waals surface area contributed by atoms with Gasteiger partial charge in [0.2, 0.25) is 0 Å². The Balaban J connectivity index is 2.33. The van der Waals surface area contributed by atoms with Gasteiger partial charge in [-0.3, -0.25) is 0 Å². The van der Waals surface area contributed by atoms with Crippen LogP contribution in [0.15, 0.2) is 0 Å². The van der Waals surface area contributed by atoms with Gasteiger partial charge < -0.3 is 5.73 Å². The molecule has 0 unspecified atom stereocenters. The molecule has 0 amide bonds. The molecule has 0 aliphatic heterocycles. The van der Waals surface area contributed by atoms with E-state index in [0.29, 0.717) is 11.5 Å². The standard InChI is InChI=1S/C9H19N/c1-3-9(5-4-6-9)7-8(2)10/h8H,3-7,10H2,1-2H3/t8-/m1/s1. The van der Waals surface area contributed by atoms with Gasteiger partial charge in [0.05, 0.1) is 0 Å². The normalized spacial score (nSPS) is 25.5. The van der Waals surface area contributed by atoms with E-state index in [1.54, 1.807) is 0 Å². The maximum Gasteiger partial charge on any atom is 0.00157 e. The molecule has 1 heteroatoms. The van der Waals surface area contributed by atoms with Crippen molar-refractivity contribution in [3.8, 4) is 0 Å². The van der Waals surface area contributed by atoms with Crippen LogP contribution < -0.4 is 5.73 Å². The van der Waals surface area contributed by atoms with E-state index in [-0.39, 0.29) is 0 Å². The second-order valence-corrected chi connectivity index (χ2v) is 3.89. The lowest BCUT2D eigenvalue weighted by Crippen LogP contribution is -2.34. The average molecular weight is 141 g/mol. The van der Waals surface area contributed by atoms with Gasteiger partial charge in [-0.25, -0.2) is 0 Å². The van der Waals surface area contributed by atoms with Crippen LogP contribution in [0.5, 0.6) is 0 Å².